The van der Waals surface area contributed by atoms with Crippen molar-refractivity contribution in [2.24, 2.45) is 0 Å². The lowest BCUT2D eigenvalue weighted by molar-refractivity contribution is 0.0942. The molecular weight excluding hydrogens is 284 g/mol. The smallest absolute Gasteiger partial charge is 0.269 e. The highest BCUT2D eigenvalue weighted by Gasteiger charge is 2.09. The molecule has 4 N–H and O–H groups in total. The second-order valence-electron chi connectivity index (χ2n) is 4.49. The van der Waals surface area contributed by atoms with E-state index in [1.165, 1.54) is 25.3 Å². The number of hydrazine groups is 1. The molecule has 0 saturated heterocycles. The molecule has 0 aromatic heterocycles. The molecule has 2 aromatic rings. The Bertz CT molecular complexity index is 713. The van der Waals surface area contributed by atoms with Gasteiger partial charge in [0.2, 0.25) is 0 Å². The highest BCUT2D eigenvalue weighted by Crippen LogP contribution is 2.26. The summed E-state index contributed by atoms with van der Waals surface area (Å²) in [6, 6.07) is 10.7. The zero-order valence-electron chi connectivity index (χ0n) is 12.0. The summed E-state index contributed by atoms with van der Waals surface area (Å²) in [7, 11) is 1.50. The number of methoxy groups -OCH3 is 1. The third-order valence-electron chi connectivity index (χ3n) is 2.97. The second kappa shape index (κ2) is 6.53. The van der Waals surface area contributed by atoms with Crippen molar-refractivity contribution in [3.8, 4) is 17.2 Å². The zero-order chi connectivity index (χ0) is 16.1. The van der Waals surface area contributed by atoms with E-state index in [9.17, 15) is 15.0 Å². The number of benzene rings is 2. The minimum atomic E-state index is -0.440. The fourth-order valence-corrected chi connectivity index (χ4v) is 1.81. The molecule has 1 amide bonds. The number of phenols is 2. The SMILES string of the molecule is C=C(NNC(=O)c1cccc(O)c1)c1ccc(OC)cc1O. The Hall–Kier alpha value is -3.15. The third-order valence-corrected chi connectivity index (χ3v) is 2.97. The van der Waals surface area contributed by atoms with Crippen LogP contribution < -0.4 is 15.6 Å². The summed E-state index contributed by atoms with van der Waals surface area (Å²) in [5.41, 5.74) is 6.09. The minimum Gasteiger partial charge on any atom is -0.508 e. The summed E-state index contributed by atoms with van der Waals surface area (Å²) in [6.45, 7) is 3.75. The number of carbonyl (C=O) groups excluding carboxylic acids is 1. The van der Waals surface area contributed by atoms with Crippen molar-refractivity contribution in [2.45, 2.75) is 0 Å². The van der Waals surface area contributed by atoms with Gasteiger partial charge in [-0.2, -0.15) is 0 Å². The monoisotopic (exact) mass is 300 g/mol. The van der Waals surface area contributed by atoms with Crippen LogP contribution in [0.25, 0.3) is 5.70 Å². The normalized spacial score (nSPS) is 9.86. The molecule has 0 unspecified atom stereocenters. The molecule has 0 saturated carbocycles. The molecule has 6 heteroatoms. The number of carbonyl (C=O) groups is 1. The number of amides is 1. The van der Waals surface area contributed by atoms with Gasteiger partial charge in [0, 0.05) is 17.2 Å². The fraction of sp³-hybridized carbons (Fsp3) is 0.0625. The van der Waals surface area contributed by atoms with E-state index in [-0.39, 0.29) is 11.5 Å². The lowest BCUT2D eigenvalue weighted by Gasteiger charge is -2.13. The van der Waals surface area contributed by atoms with Crippen LogP contribution in [0, 0.1) is 0 Å². The molecule has 0 aliphatic heterocycles. The van der Waals surface area contributed by atoms with Crippen LogP contribution in [0.3, 0.4) is 0 Å². The van der Waals surface area contributed by atoms with Crippen LogP contribution >= 0.6 is 0 Å². The van der Waals surface area contributed by atoms with Crippen LogP contribution in [0.4, 0.5) is 0 Å². The van der Waals surface area contributed by atoms with E-state index in [0.717, 1.165) is 0 Å². The summed E-state index contributed by atoms with van der Waals surface area (Å²) in [4.78, 5) is 11.9. The second-order valence-corrected chi connectivity index (χ2v) is 4.49. The molecule has 0 atom stereocenters. The molecule has 0 spiro atoms. The van der Waals surface area contributed by atoms with Gasteiger partial charge in [-0.25, -0.2) is 0 Å². The van der Waals surface area contributed by atoms with Gasteiger partial charge in [-0.15, -0.1) is 0 Å². The minimum absolute atomic E-state index is 0.000671. The van der Waals surface area contributed by atoms with E-state index in [1.54, 1.807) is 24.3 Å². The van der Waals surface area contributed by atoms with Crippen LogP contribution in [0.15, 0.2) is 49.0 Å². The standard InChI is InChI=1S/C16H16N2O4/c1-10(14-7-6-13(22-2)9-15(14)20)17-18-16(21)11-4-3-5-12(19)8-11/h3-9,17,19-20H,1H2,2H3,(H,18,21). The van der Waals surface area contributed by atoms with Crippen LogP contribution in [0.5, 0.6) is 17.2 Å². The number of nitrogens with one attached hydrogen (secondary N) is 2. The maximum absolute atomic E-state index is 11.9. The Morgan fingerprint density at radius 3 is 2.55 bits per heavy atom. The summed E-state index contributed by atoms with van der Waals surface area (Å²) in [5, 5.41) is 19.2. The van der Waals surface area contributed by atoms with E-state index < -0.39 is 5.91 Å². The topological polar surface area (TPSA) is 90.8 Å². The molecule has 22 heavy (non-hydrogen) atoms. The van der Waals surface area contributed by atoms with Crippen molar-refractivity contribution in [2.75, 3.05) is 7.11 Å². The summed E-state index contributed by atoms with van der Waals surface area (Å²) >= 11 is 0. The molecule has 6 nitrogen and oxygen atoms in total. The first-order valence-corrected chi connectivity index (χ1v) is 6.43. The average molecular weight is 300 g/mol. The van der Waals surface area contributed by atoms with E-state index in [1.807, 2.05) is 0 Å². The molecule has 0 bridgehead atoms. The third kappa shape index (κ3) is 3.49. The molecule has 0 aliphatic rings. The Balaban J connectivity index is 2.02. The average Bonchev–Trinajstić information content (AvgIpc) is 2.52. The molecule has 2 aromatic carbocycles. The Morgan fingerprint density at radius 2 is 1.91 bits per heavy atom. The highest BCUT2D eigenvalue weighted by molar-refractivity contribution is 5.94. The van der Waals surface area contributed by atoms with Gasteiger partial charge in [-0.1, -0.05) is 12.6 Å². The largest absolute Gasteiger partial charge is 0.508 e. The van der Waals surface area contributed by atoms with Crippen LogP contribution in [0.1, 0.15) is 15.9 Å². The van der Waals surface area contributed by atoms with E-state index in [4.69, 9.17) is 4.74 Å². The van der Waals surface area contributed by atoms with E-state index >= 15 is 0 Å². The molecule has 114 valence electrons. The van der Waals surface area contributed by atoms with Gasteiger partial charge >= 0.3 is 0 Å². The molecule has 0 radical (unpaired) electrons. The van der Waals surface area contributed by atoms with Crippen LogP contribution in [0.2, 0.25) is 0 Å². The molecule has 0 fully saturated rings. The number of hydrogen-bond donors (Lipinski definition) is 4. The van der Waals surface area contributed by atoms with Crippen LogP contribution in [-0.4, -0.2) is 23.2 Å². The number of aromatic hydroxyl groups is 2. The van der Waals surface area contributed by atoms with Gasteiger partial charge in [0.1, 0.15) is 17.2 Å². The predicted molar refractivity (Wildman–Crippen MR) is 82.4 cm³/mol. The van der Waals surface area contributed by atoms with Gasteiger partial charge in [-0.3, -0.25) is 15.6 Å². The summed E-state index contributed by atoms with van der Waals surface area (Å²) in [5.74, 6) is 0.0469. The summed E-state index contributed by atoms with van der Waals surface area (Å²) in [6.07, 6.45) is 0. The summed E-state index contributed by atoms with van der Waals surface area (Å²) < 4.78 is 4.99. The first kappa shape index (κ1) is 15.2. The van der Waals surface area contributed by atoms with Gasteiger partial charge in [0.05, 0.1) is 12.8 Å². The van der Waals surface area contributed by atoms with Gasteiger partial charge in [0.15, 0.2) is 0 Å². The van der Waals surface area contributed by atoms with E-state index in [0.29, 0.717) is 22.6 Å². The van der Waals surface area contributed by atoms with Crippen molar-refractivity contribution < 1.29 is 19.7 Å². The lowest BCUT2D eigenvalue weighted by atomic mass is 10.1. The Morgan fingerprint density at radius 1 is 1.14 bits per heavy atom. The molecule has 0 aliphatic carbocycles. The maximum atomic E-state index is 11.9. The highest BCUT2D eigenvalue weighted by atomic mass is 16.5. The maximum Gasteiger partial charge on any atom is 0.269 e. The number of phenolic OH excluding ortho intramolecular Hbond substituents is 2. The lowest BCUT2D eigenvalue weighted by Crippen LogP contribution is -2.35. The van der Waals surface area contributed by atoms with Crippen LogP contribution in [-0.2, 0) is 0 Å². The van der Waals surface area contributed by atoms with Crippen molar-refractivity contribution >= 4 is 11.6 Å². The molecule has 2 rings (SSSR count). The number of rotatable bonds is 5. The fourth-order valence-electron chi connectivity index (χ4n) is 1.81. The van der Waals surface area contributed by atoms with Crippen molar-refractivity contribution in [3.05, 3.63) is 60.2 Å². The Kier molecular flexibility index (Phi) is 4.53. The number of ether oxygens (including phenoxy) is 1. The predicted octanol–water partition coefficient (Wildman–Crippen LogP) is 2.01. The Labute approximate surface area is 127 Å². The van der Waals surface area contributed by atoms with Crippen molar-refractivity contribution in [3.63, 3.8) is 0 Å². The van der Waals surface area contributed by atoms with Crippen molar-refractivity contribution in [1.29, 1.82) is 0 Å². The number of hydrogen-bond acceptors (Lipinski definition) is 5. The molecule has 0 heterocycles. The van der Waals surface area contributed by atoms with Crippen molar-refractivity contribution in [1.82, 2.24) is 10.9 Å². The zero-order valence-corrected chi connectivity index (χ0v) is 12.0. The molecular formula is C16H16N2O4. The van der Waals surface area contributed by atoms with Gasteiger partial charge < -0.3 is 14.9 Å². The quantitative estimate of drug-likeness (QED) is 0.634. The first-order chi connectivity index (χ1) is 10.5. The van der Waals surface area contributed by atoms with E-state index in [2.05, 4.69) is 17.4 Å². The first-order valence-electron chi connectivity index (χ1n) is 6.43. The van der Waals surface area contributed by atoms with Gasteiger partial charge in [0.25, 0.3) is 5.91 Å². The van der Waals surface area contributed by atoms with Gasteiger partial charge in [-0.05, 0) is 30.3 Å².